The number of benzene rings is 1. The summed E-state index contributed by atoms with van der Waals surface area (Å²) in [5.74, 6) is -0.287. The number of hydrogen-bond acceptors (Lipinski definition) is 2. The summed E-state index contributed by atoms with van der Waals surface area (Å²) in [4.78, 5) is 0. The van der Waals surface area contributed by atoms with Crippen LogP contribution >= 0.6 is 0 Å². The molecule has 1 aromatic rings. The zero-order chi connectivity index (χ0) is 8.97. The molecule has 0 saturated carbocycles. The Kier molecular flexibility index (Phi) is 3.19. The van der Waals surface area contributed by atoms with E-state index in [0.29, 0.717) is 5.56 Å². The zero-order valence-corrected chi connectivity index (χ0v) is 6.70. The van der Waals surface area contributed by atoms with Gasteiger partial charge in [-0.15, -0.1) is 0 Å². The molecule has 0 aromatic heterocycles. The Labute approximate surface area is 70.8 Å². The number of hydrogen-bond donors (Lipinski definition) is 2. The molecule has 0 aliphatic heterocycles. The van der Waals surface area contributed by atoms with Crippen LogP contribution in [-0.4, -0.2) is 17.8 Å². The van der Waals surface area contributed by atoms with Gasteiger partial charge in [0.1, 0.15) is 5.82 Å². The molecule has 0 heterocycles. The van der Waals surface area contributed by atoms with Crippen LogP contribution in [0.5, 0.6) is 0 Å². The molecular formula is C9H12FNO. The third kappa shape index (κ3) is 2.29. The van der Waals surface area contributed by atoms with E-state index in [9.17, 15) is 4.39 Å². The second kappa shape index (κ2) is 4.18. The summed E-state index contributed by atoms with van der Waals surface area (Å²) in [6.45, 7) is 0.161. The monoisotopic (exact) mass is 169 g/mol. The van der Waals surface area contributed by atoms with Crippen LogP contribution in [0.1, 0.15) is 5.56 Å². The molecule has 1 rings (SSSR count). The van der Waals surface area contributed by atoms with Crippen molar-refractivity contribution in [3.8, 4) is 0 Å². The Morgan fingerprint density at radius 2 is 2.08 bits per heavy atom. The lowest BCUT2D eigenvalue weighted by Gasteiger charge is -2.07. The van der Waals surface area contributed by atoms with E-state index in [4.69, 9.17) is 10.8 Å². The van der Waals surface area contributed by atoms with Crippen LogP contribution in [0.15, 0.2) is 24.3 Å². The Morgan fingerprint density at radius 1 is 1.42 bits per heavy atom. The van der Waals surface area contributed by atoms with Crippen LogP contribution in [0, 0.1) is 5.82 Å². The molecule has 0 unspecified atom stereocenters. The smallest absolute Gasteiger partial charge is 0.126 e. The van der Waals surface area contributed by atoms with Gasteiger partial charge in [-0.25, -0.2) is 4.39 Å². The van der Waals surface area contributed by atoms with Crippen molar-refractivity contribution < 1.29 is 9.50 Å². The Balaban J connectivity index is 2.69. The molecule has 0 aliphatic carbocycles. The predicted molar refractivity (Wildman–Crippen MR) is 45.2 cm³/mol. The first-order valence-electron chi connectivity index (χ1n) is 3.85. The van der Waals surface area contributed by atoms with E-state index in [0.717, 1.165) is 0 Å². The van der Waals surface area contributed by atoms with Crippen molar-refractivity contribution in [2.75, 3.05) is 6.54 Å². The number of rotatable bonds is 3. The van der Waals surface area contributed by atoms with Crippen molar-refractivity contribution in [1.29, 1.82) is 0 Å². The average molecular weight is 169 g/mol. The van der Waals surface area contributed by atoms with Gasteiger partial charge in [-0.1, -0.05) is 18.2 Å². The summed E-state index contributed by atoms with van der Waals surface area (Å²) in [7, 11) is 0. The minimum atomic E-state index is -0.651. The van der Waals surface area contributed by atoms with Gasteiger partial charge in [-0.3, -0.25) is 0 Å². The SMILES string of the molecule is NC[C@H](O)Cc1ccccc1F. The topological polar surface area (TPSA) is 46.2 Å². The van der Waals surface area contributed by atoms with Crippen LogP contribution < -0.4 is 5.73 Å². The summed E-state index contributed by atoms with van der Waals surface area (Å²) in [6.07, 6.45) is -0.370. The molecular weight excluding hydrogens is 157 g/mol. The number of nitrogens with two attached hydrogens (primary N) is 1. The molecule has 2 nitrogen and oxygen atoms in total. The van der Waals surface area contributed by atoms with E-state index in [1.807, 2.05) is 0 Å². The molecule has 1 atom stereocenters. The average Bonchev–Trinajstić information content (AvgIpc) is 2.09. The molecule has 12 heavy (non-hydrogen) atoms. The van der Waals surface area contributed by atoms with Gasteiger partial charge < -0.3 is 10.8 Å². The lowest BCUT2D eigenvalue weighted by molar-refractivity contribution is 0.182. The maximum Gasteiger partial charge on any atom is 0.126 e. The first kappa shape index (κ1) is 9.16. The minimum Gasteiger partial charge on any atom is -0.391 e. The van der Waals surface area contributed by atoms with E-state index < -0.39 is 6.10 Å². The predicted octanol–water partition coefficient (Wildman–Crippen LogP) is 0.688. The second-order valence-electron chi connectivity index (χ2n) is 2.69. The van der Waals surface area contributed by atoms with Crippen LogP contribution in [0.3, 0.4) is 0 Å². The van der Waals surface area contributed by atoms with Gasteiger partial charge in [0, 0.05) is 13.0 Å². The fraction of sp³-hybridized carbons (Fsp3) is 0.333. The third-order valence-electron chi connectivity index (χ3n) is 1.69. The van der Waals surface area contributed by atoms with Crippen molar-refractivity contribution in [1.82, 2.24) is 0 Å². The van der Waals surface area contributed by atoms with E-state index in [-0.39, 0.29) is 18.8 Å². The van der Waals surface area contributed by atoms with Crippen molar-refractivity contribution in [2.45, 2.75) is 12.5 Å². The molecule has 3 N–H and O–H groups in total. The van der Waals surface area contributed by atoms with E-state index in [1.165, 1.54) is 6.07 Å². The van der Waals surface area contributed by atoms with E-state index in [2.05, 4.69) is 0 Å². The van der Waals surface area contributed by atoms with Gasteiger partial charge in [0.2, 0.25) is 0 Å². The summed E-state index contributed by atoms with van der Waals surface area (Å²) in [5, 5.41) is 9.14. The Hall–Kier alpha value is -0.930. The van der Waals surface area contributed by atoms with Crippen molar-refractivity contribution in [3.05, 3.63) is 35.6 Å². The van der Waals surface area contributed by atoms with Crippen molar-refractivity contribution in [2.24, 2.45) is 5.73 Å². The van der Waals surface area contributed by atoms with Crippen LogP contribution in [0.25, 0.3) is 0 Å². The molecule has 0 spiro atoms. The molecule has 0 fully saturated rings. The highest BCUT2D eigenvalue weighted by Crippen LogP contribution is 2.08. The van der Waals surface area contributed by atoms with Gasteiger partial charge in [0.15, 0.2) is 0 Å². The van der Waals surface area contributed by atoms with E-state index in [1.54, 1.807) is 18.2 Å². The largest absolute Gasteiger partial charge is 0.391 e. The van der Waals surface area contributed by atoms with Crippen molar-refractivity contribution in [3.63, 3.8) is 0 Å². The molecule has 0 saturated heterocycles. The molecule has 0 aliphatic rings. The molecule has 3 heteroatoms. The van der Waals surface area contributed by atoms with Gasteiger partial charge >= 0.3 is 0 Å². The van der Waals surface area contributed by atoms with Gasteiger partial charge in [-0.05, 0) is 11.6 Å². The zero-order valence-electron chi connectivity index (χ0n) is 6.70. The van der Waals surface area contributed by atoms with Crippen LogP contribution in [0.2, 0.25) is 0 Å². The number of aliphatic hydroxyl groups is 1. The second-order valence-corrected chi connectivity index (χ2v) is 2.69. The third-order valence-corrected chi connectivity index (χ3v) is 1.69. The van der Waals surface area contributed by atoms with Crippen LogP contribution in [0.4, 0.5) is 4.39 Å². The minimum absolute atomic E-state index is 0.161. The highest BCUT2D eigenvalue weighted by atomic mass is 19.1. The highest BCUT2D eigenvalue weighted by Gasteiger charge is 2.06. The summed E-state index contributed by atoms with van der Waals surface area (Å²) in [5.41, 5.74) is 5.71. The highest BCUT2D eigenvalue weighted by molar-refractivity contribution is 5.17. The first-order chi connectivity index (χ1) is 5.74. The molecule has 66 valence electrons. The van der Waals surface area contributed by atoms with Crippen LogP contribution in [-0.2, 0) is 6.42 Å². The quantitative estimate of drug-likeness (QED) is 0.699. The maximum absolute atomic E-state index is 12.9. The normalized spacial score (nSPS) is 12.9. The maximum atomic E-state index is 12.9. The fourth-order valence-corrected chi connectivity index (χ4v) is 1.00. The molecule has 1 aromatic carbocycles. The summed E-state index contributed by atoms with van der Waals surface area (Å²) >= 11 is 0. The summed E-state index contributed by atoms with van der Waals surface area (Å²) in [6, 6.07) is 6.38. The number of halogens is 1. The van der Waals surface area contributed by atoms with Gasteiger partial charge in [0.25, 0.3) is 0 Å². The Bertz CT molecular complexity index is 252. The lowest BCUT2D eigenvalue weighted by atomic mass is 10.1. The standard InChI is InChI=1S/C9H12FNO/c10-9-4-2-1-3-7(9)5-8(12)6-11/h1-4,8,12H,5-6,11H2/t8-/m1/s1. The van der Waals surface area contributed by atoms with Gasteiger partial charge in [-0.2, -0.15) is 0 Å². The summed E-state index contributed by atoms with van der Waals surface area (Å²) < 4.78 is 12.9. The van der Waals surface area contributed by atoms with Gasteiger partial charge in [0.05, 0.1) is 6.10 Å². The molecule has 0 bridgehead atoms. The number of aliphatic hydroxyl groups excluding tert-OH is 1. The molecule has 0 radical (unpaired) electrons. The first-order valence-corrected chi connectivity index (χ1v) is 3.85. The molecule has 0 amide bonds. The fourth-order valence-electron chi connectivity index (χ4n) is 1.00. The lowest BCUT2D eigenvalue weighted by Crippen LogP contribution is -2.22. The van der Waals surface area contributed by atoms with Crippen molar-refractivity contribution >= 4 is 0 Å². The van der Waals surface area contributed by atoms with E-state index >= 15 is 0 Å². The Morgan fingerprint density at radius 3 is 2.67 bits per heavy atom.